The van der Waals surface area contributed by atoms with E-state index in [4.69, 9.17) is 13.6 Å². The molecule has 2 rings (SSSR count). The highest BCUT2D eigenvalue weighted by atomic mass is 28.4. The van der Waals surface area contributed by atoms with Crippen LogP contribution in [-0.4, -0.2) is 35.0 Å². The van der Waals surface area contributed by atoms with Gasteiger partial charge in [0.1, 0.15) is 0 Å². The van der Waals surface area contributed by atoms with Crippen molar-refractivity contribution in [1.82, 2.24) is 0 Å². The van der Waals surface area contributed by atoms with Crippen LogP contribution in [-0.2, 0) is 13.6 Å². The molecular weight excluding hydrogens is 388 g/mol. The minimum absolute atomic E-state index is 0.543. The fourth-order valence-corrected chi connectivity index (χ4v) is 6.85. The Kier molecular flexibility index (Phi) is 12.7. The lowest BCUT2D eigenvalue weighted by molar-refractivity contribution is 0.0918. The van der Waals surface area contributed by atoms with Crippen LogP contribution in [0.3, 0.4) is 0 Å². The van der Waals surface area contributed by atoms with Crippen LogP contribution in [0.1, 0.15) is 65.2 Å². The van der Waals surface area contributed by atoms with Gasteiger partial charge < -0.3 is 13.6 Å². The van der Waals surface area contributed by atoms with Crippen molar-refractivity contribution in [3.05, 3.63) is 60.7 Å². The standard InChI is InChI=1S/C26H40O3Si/c1-3-5-6-7-8-9-10-17-22-28-30(29-24-23-27-4-2,25-18-13-11-14-19-25)26-20-15-12-16-21-26/h11-16,18-21H,3-10,17,22-24H2,1-2H3. The fourth-order valence-electron chi connectivity index (χ4n) is 3.70. The average Bonchev–Trinajstić information content (AvgIpc) is 2.80. The quantitative estimate of drug-likeness (QED) is 0.248. The molecule has 30 heavy (non-hydrogen) atoms. The van der Waals surface area contributed by atoms with Crippen LogP contribution in [0, 0.1) is 0 Å². The third-order valence-electron chi connectivity index (χ3n) is 5.35. The van der Waals surface area contributed by atoms with Gasteiger partial charge in [0.05, 0.1) is 13.2 Å². The summed E-state index contributed by atoms with van der Waals surface area (Å²) in [6.07, 6.45) is 10.3. The van der Waals surface area contributed by atoms with E-state index in [0.717, 1.165) is 23.4 Å². The van der Waals surface area contributed by atoms with E-state index in [-0.39, 0.29) is 0 Å². The second-order valence-electron chi connectivity index (χ2n) is 7.72. The molecule has 0 saturated heterocycles. The van der Waals surface area contributed by atoms with Crippen molar-refractivity contribution in [1.29, 1.82) is 0 Å². The lowest BCUT2D eigenvalue weighted by atomic mass is 10.1. The molecule has 0 radical (unpaired) electrons. The molecule has 2 aromatic carbocycles. The van der Waals surface area contributed by atoms with Gasteiger partial charge in [-0.15, -0.1) is 0 Å². The second-order valence-corrected chi connectivity index (χ2v) is 10.7. The van der Waals surface area contributed by atoms with Crippen molar-refractivity contribution in [2.45, 2.75) is 65.2 Å². The molecule has 2 aromatic rings. The molecule has 0 aromatic heterocycles. The highest BCUT2D eigenvalue weighted by molar-refractivity contribution is 6.92. The Labute approximate surface area is 185 Å². The lowest BCUT2D eigenvalue weighted by Crippen LogP contribution is -2.63. The van der Waals surface area contributed by atoms with E-state index in [2.05, 4.69) is 55.5 Å². The fraction of sp³-hybridized carbons (Fsp3) is 0.538. The van der Waals surface area contributed by atoms with Crippen LogP contribution in [0.4, 0.5) is 0 Å². The Hall–Kier alpha value is -1.46. The summed E-state index contributed by atoms with van der Waals surface area (Å²) in [4.78, 5) is 0. The zero-order valence-corrected chi connectivity index (χ0v) is 20.0. The maximum Gasteiger partial charge on any atom is 0.407 e. The smallest absolute Gasteiger partial charge is 0.388 e. The van der Waals surface area contributed by atoms with Crippen molar-refractivity contribution in [2.75, 3.05) is 26.4 Å². The number of ether oxygens (including phenoxy) is 1. The van der Waals surface area contributed by atoms with Crippen molar-refractivity contribution in [2.24, 2.45) is 0 Å². The summed E-state index contributed by atoms with van der Waals surface area (Å²) >= 11 is 0. The molecule has 0 N–H and O–H groups in total. The summed E-state index contributed by atoms with van der Waals surface area (Å²) in [5, 5.41) is 2.32. The molecule has 0 saturated carbocycles. The highest BCUT2D eigenvalue weighted by Crippen LogP contribution is 2.13. The molecule has 0 fully saturated rings. The average molecular weight is 429 g/mol. The summed E-state index contributed by atoms with van der Waals surface area (Å²) < 4.78 is 18.8. The van der Waals surface area contributed by atoms with Crippen molar-refractivity contribution >= 4 is 18.9 Å². The van der Waals surface area contributed by atoms with E-state index in [0.29, 0.717) is 19.8 Å². The van der Waals surface area contributed by atoms with E-state index in [1.807, 2.05) is 19.1 Å². The summed E-state index contributed by atoms with van der Waals surface area (Å²) in [5.74, 6) is 0. The van der Waals surface area contributed by atoms with Gasteiger partial charge in [-0.1, -0.05) is 113 Å². The molecule has 0 amide bonds. The van der Waals surface area contributed by atoms with E-state index in [9.17, 15) is 0 Å². The van der Waals surface area contributed by atoms with Crippen molar-refractivity contribution < 1.29 is 13.6 Å². The molecule has 0 bridgehead atoms. The molecular formula is C26H40O3Si. The molecule has 3 nitrogen and oxygen atoms in total. The van der Waals surface area contributed by atoms with Crippen LogP contribution in [0.15, 0.2) is 60.7 Å². The number of benzene rings is 2. The zero-order valence-electron chi connectivity index (χ0n) is 19.0. The minimum Gasteiger partial charge on any atom is -0.388 e. The molecule has 166 valence electrons. The van der Waals surface area contributed by atoms with Crippen molar-refractivity contribution in [3.8, 4) is 0 Å². The number of unbranched alkanes of at least 4 members (excludes halogenated alkanes) is 7. The molecule has 0 aliphatic rings. The molecule has 0 atom stereocenters. The summed E-state index contributed by atoms with van der Waals surface area (Å²) in [5.41, 5.74) is 0. The topological polar surface area (TPSA) is 27.7 Å². The van der Waals surface area contributed by atoms with Crippen LogP contribution in [0.25, 0.3) is 0 Å². The van der Waals surface area contributed by atoms with Gasteiger partial charge in [-0.2, -0.15) is 0 Å². The zero-order chi connectivity index (χ0) is 21.3. The first-order valence-electron chi connectivity index (χ1n) is 11.8. The first-order chi connectivity index (χ1) is 14.8. The summed E-state index contributed by atoms with van der Waals surface area (Å²) in [6.45, 7) is 6.85. The summed E-state index contributed by atoms with van der Waals surface area (Å²) in [6, 6.07) is 21.0. The van der Waals surface area contributed by atoms with Gasteiger partial charge in [0.2, 0.25) is 0 Å². The minimum atomic E-state index is -2.76. The first-order valence-corrected chi connectivity index (χ1v) is 13.6. The predicted octanol–water partition coefficient (Wildman–Crippen LogP) is 5.45. The third kappa shape index (κ3) is 8.35. The van der Waals surface area contributed by atoms with E-state index < -0.39 is 8.56 Å². The Balaban J connectivity index is 2.02. The van der Waals surface area contributed by atoms with E-state index in [1.54, 1.807) is 0 Å². The molecule has 4 heteroatoms. The molecule has 0 aliphatic carbocycles. The predicted molar refractivity (Wildman–Crippen MR) is 129 cm³/mol. The first kappa shape index (κ1) is 24.8. The maximum atomic E-state index is 6.69. The van der Waals surface area contributed by atoms with Crippen molar-refractivity contribution in [3.63, 3.8) is 0 Å². The Morgan fingerprint density at radius 1 is 0.567 bits per heavy atom. The second kappa shape index (κ2) is 15.4. The SMILES string of the molecule is CCCCCCCCCCO[Si](OCCOCC)(c1ccccc1)c1ccccc1. The molecule has 0 aliphatic heterocycles. The molecule has 0 unspecified atom stereocenters. The van der Waals surface area contributed by atoms with Gasteiger partial charge >= 0.3 is 8.56 Å². The van der Waals surface area contributed by atoms with Crippen LogP contribution >= 0.6 is 0 Å². The highest BCUT2D eigenvalue weighted by Gasteiger charge is 2.42. The number of hydrogen-bond donors (Lipinski definition) is 0. The lowest BCUT2D eigenvalue weighted by Gasteiger charge is -2.31. The maximum absolute atomic E-state index is 6.69. The van der Waals surface area contributed by atoms with Gasteiger partial charge in [0, 0.05) is 13.2 Å². The Bertz CT molecular complexity index is 608. The normalized spacial score (nSPS) is 11.7. The summed E-state index contributed by atoms with van der Waals surface area (Å²) in [7, 11) is -2.76. The van der Waals surface area contributed by atoms with Crippen LogP contribution in [0.5, 0.6) is 0 Å². The number of hydrogen-bond acceptors (Lipinski definition) is 3. The van der Waals surface area contributed by atoms with Gasteiger partial charge in [0.25, 0.3) is 0 Å². The van der Waals surface area contributed by atoms with E-state index in [1.165, 1.54) is 44.9 Å². The van der Waals surface area contributed by atoms with E-state index >= 15 is 0 Å². The van der Waals surface area contributed by atoms with Gasteiger partial charge in [0.15, 0.2) is 0 Å². The molecule has 0 spiro atoms. The Morgan fingerprint density at radius 2 is 1.07 bits per heavy atom. The number of rotatable bonds is 17. The largest absolute Gasteiger partial charge is 0.407 e. The van der Waals surface area contributed by atoms with Crippen LogP contribution in [0.2, 0.25) is 0 Å². The van der Waals surface area contributed by atoms with Gasteiger partial charge in [-0.3, -0.25) is 0 Å². The molecule has 0 heterocycles. The third-order valence-corrected chi connectivity index (χ3v) is 8.76. The van der Waals surface area contributed by atoms with Gasteiger partial charge in [-0.05, 0) is 23.7 Å². The van der Waals surface area contributed by atoms with Gasteiger partial charge in [-0.25, -0.2) is 0 Å². The Morgan fingerprint density at radius 3 is 1.60 bits per heavy atom. The monoisotopic (exact) mass is 428 g/mol. The van der Waals surface area contributed by atoms with Crippen LogP contribution < -0.4 is 10.4 Å².